The van der Waals surface area contributed by atoms with E-state index < -0.39 is 0 Å². The van der Waals surface area contributed by atoms with E-state index in [1.54, 1.807) is 14.2 Å². The summed E-state index contributed by atoms with van der Waals surface area (Å²) in [4.78, 5) is 4.39. The van der Waals surface area contributed by atoms with Crippen LogP contribution in [0.1, 0.15) is 16.7 Å². The van der Waals surface area contributed by atoms with Crippen LogP contribution in [0.3, 0.4) is 0 Å². The molecule has 1 heterocycles. The van der Waals surface area contributed by atoms with Crippen molar-refractivity contribution in [3.8, 4) is 11.5 Å². The lowest BCUT2D eigenvalue weighted by Gasteiger charge is -2.08. The molecule has 0 unspecified atom stereocenters. The van der Waals surface area contributed by atoms with Crippen LogP contribution in [0.2, 0.25) is 0 Å². The first-order chi connectivity index (χ1) is 9.81. The maximum atomic E-state index is 5.33. The third-order valence-corrected chi connectivity index (χ3v) is 3.21. The Balaban J connectivity index is 2.07. The first kappa shape index (κ1) is 12.4. The van der Waals surface area contributed by atoms with Crippen molar-refractivity contribution in [2.75, 3.05) is 14.2 Å². The second-order valence-electron chi connectivity index (χ2n) is 4.41. The molecule has 0 bridgehead atoms. The summed E-state index contributed by atoms with van der Waals surface area (Å²) >= 11 is 0. The summed E-state index contributed by atoms with van der Waals surface area (Å²) in [5.41, 5.74) is 3.89. The molecule has 2 aromatic carbocycles. The molecule has 3 nitrogen and oxygen atoms in total. The van der Waals surface area contributed by atoms with E-state index >= 15 is 0 Å². The lowest BCUT2D eigenvalue weighted by molar-refractivity contribution is 0.355. The van der Waals surface area contributed by atoms with E-state index in [0.29, 0.717) is 11.5 Å². The van der Waals surface area contributed by atoms with Gasteiger partial charge in [-0.25, -0.2) is 0 Å². The van der Waals surface area contributed by atoms with E-state index in [9.17, 15) is 0 Å². The summed E-state index contributed by atoms with van der Waals surface area (Å²) in [6.45, 7) is 0. The summed E-state index contributed by atoms with van der Waals surface area (Å²) in [7, 11) is 3.25. The molecule has 0 fully saturated rings. The highest BCUT2D eigenvalue weighted by Gasteiger charge is 2.21. The Morgan fingerprint density at radius 1 is 0.950 bits per heavy atom. The Morgan fingerprint density at radius 3 is 2.35 bits per heavy atom. The lowest BCUT2D eigenvalue weighted by Crippen LogP contribution is -1.98. The van der Waals surface area contributed by atoms with Crippen molar-refractivity contribution in [1.29, 1.82) is 0 Å². The average Bonchev–Trinajstić information content (AvgIpc) is 2.53. The van der Waals surface area contributed by atoms with Crippen molar-refractivity contribution >= 4 is 18.0 Å². The molecule has 1 aliphatic heterocycles. The van der Waals surface area contributed by atoms with Crippen LogP contribution in [0.5, 0.6) is 11.5 Å². The van der Waals surface area contributed by atoms with Gasteiger partial charge in [0.25, 0.3) is 0 Å². The van der Waals surface area contributed by atoms with E-state index in [1.807, 2.05) is 48.5 Å². The first-order valence-electron chi connectivity index (χ1n) is 6.31. The molecule has 0 aliphatic carbocycles. The molecule has 0 aromatic heterocycles. The molecular weight excluding hydrogens is 250 g/mol. The van der Waals surface area contributed by atoms with Gasteiger partial charge in [-0.3, -0.25) is 0 Å². The quantitative estimate of drug-likeness (QED) is 0.794. The van der Waals surface area contributed by atoms with Gasteiger partial charge in [0.2, 0.25) is 5.75 Å². The Kier molecular flexibility index (Phi) is 3.20. The van der Waals surface area contributed by atoms with Crippen molar-refractivity contribution in [1.82, 2.24) is 0 Å². The predicted molar refractivity (Wildman–Crippen MR) is 80.4 cm³/mol. The maximum absolute atomic E-state index is 5.33. The molecule has 0 spiro atoms. The zero-order chi connectivity index (χ0) is 13.9. The van der Waals surface area contributed by atoms with Gasteiger partial charge in [0.05, 0.1) is 31.9 Å². The molecule has 2 aromatic rings. The van der Waals surface area contributed by atoms with Crippen molar-refractivity contribution in [3.63, 3.8) is 0 Å². The van der Waals surface area contributed by atoms with E-state index in [2.05, 4.69) is 11.2 Å². The minimum Gasteiger partial charge on any atom is -0.491 e. The molecule has 0 saturated heterocycles. The van der Waals surface area contributed by atoms with Gasteiger partial charge in [-0.1, -0.05) is 23.2 Å². The van der Waals surface area contributed by atoms with E-state index in [4.69, 9.17) is 9.47 Å². The predicted octanol–water partition coefficient (Wildman–Crippen LogP) is 3.51. The lowest BCUT2D eigenvalue weighted by atomic mass is 10.0. The fourth-order valence-electron chi connectivity index (χ4n) is 2.17. The highest BCUT2D eigenvalue weighted by molar-refractivity contribution is 5.99. The second-order valence-corrected chi connectivity index (χ2v) is 4.41. The molecule has 0 N–H and O–H groups in total. The standard InChI is InChI=1S/C17H14NO2/c1-19-16-9-13-8-15(12-6-4-3-5-7-12)18-11-14(13)10-17(16)20-2/h3-10H,1-2H3/q+1. The molecule has 0 radical (unpaired) electrons. The highest BCUT2D eigenvalue weighted by atomic mass is 16.5. The molecule has 0 amide bonds. The van der Waals surface area contributed by atoms with Crippen molar-refractivity contribution < 1.29 is 9.47 Å². The molecule has 20 heavy (non-hydrogen) atoms. The third-order valence-electron chi connectivity index (χ3n) is 3.21. The van der Waals surface area contributed by atoms with Gasteiger partial charge in [0, 0.05) is 11.6 Å². The first-order valence-corrected chi connectivity index (χ1v) is 6.31. The number of nitrogens with zero attached hydrogens (tertiary/aromatic N) is 1. The van der Waals surface area contributed by atoms with Gasteiger partial charge in [-0.05, 0) is 12.1 Å². The van der Waals surface area contributed by atoms with Gasteiger partial charge in [0.1, 0.15) is 6.21 Å². The van der Waals surface area contributed by atoms with Gasteiger partial charge in [-0.2, -0.15) is 0 Å². The molecular formula is C17H14NO2+. The Labute approximate surface area is 118 Å². The summed E-state index contributed by atoms with van der Waals surface area (Å²) in [6, 6.07) is 13.9. The number of aliphatic imine (C=N–C) groups is 1. The second kappa shape index (κ2) is 5.16. The molecule has 0 saturated carbocycles. The average molecular weight is 264 g/mol. The molecule has 0 atom stereocenters. The summed E-state index contributed by atoms with van der Waals surface area (Å²) in [6.07, 6.45) is 5.09. The maximum Gasteiger partial charge on any atom is 0.206 e. The van der Waals surface area contributed by atoms with Crippen LogP contribution in [-0.2, 0) is 0 Å². The Morgan fingerprint density at radius 2 is 1.65 bits per heavy atom. The zero-order valence-electron chi connectivity index (χ0n) is 11.4. The van der Waals surface area contributed by atoms with Crippen LogP contribution in [0.4, 0.5) is 0 Å². The van der Waals surface area contributed by atoms with E-state index in [0.717, 1.165) is 22.4 Å². The number of benzene rings is 2. The van der Waals surface area contributed by atoms with Crippen molar-refractivity contribution in [3.05, 3.63) is 59.2 Å². The highest BCUT2D eigenvalue weighted by Crippen LogP contribution is 2.34. The fourth-order valence-corrected chi connectivity index (χ4v) is 2.17. The van der Waals surface area contributed by atoms with Crippen molar-refractivity contribution in [2.24, 2.45) is 4.99 Å². The van der Waals surface area contributed by atoms with Crippen LogP contribution in [-0.4, -0.2) is 20.4 Å². The topological polar surface area (TPSA) is 30.8 Å². The number of fused-ring (bicyclic) bond motifs is 1. The van der Waals surface area contributed by atoms with Gasteiger partial charge < -0.3 is 9.47 Å². The monoisotopic (exact) mass is 264 g/mol. The SMILES string of the molecule is COc1cc2c(cc1OC)C=C(c1ccccc1)N=[C+]2. The summed E-state index contributed by atoms with van der Waals surface area (Å²) < 4.78 is 10.6. The number of rotatable bonds is 3. The fraction of sp³-hybridized carbons (Fsp3) is 0.118. The summed E-state index contributed by atoms with van der Waals surface area (Å²) in [5.74, 6) is 1.39. The van der Waals surface area contributed by atoms with Crippen molar-refractivity contribution in [2.45, 2.75) is 0 Å². The molecule has 98 valence electrons. The van der Waals surface area contributed by atoms with E-state index in [-0.39, 0.29) is 0 Å². The van der Waals surface area contributed by atoms with Gasteiger partial charge in [0.15, 0.2) is 17.0 Å². The van der Waals surface area contributed by atoms with Crippen LogP contribution in [0.25, 0.3) is 11.8 Å². The summed E-state index contributed by atoms with van der Waals surface area (Å²) in [5, 5.41) is 0. The van der Waals surface area contributed by atoms with Gasteiger partial charge >= 0.3 is 0 Å². The third kappa shape index (κ3) is 2.15. The number of hydrogen-bond acceptors (Lipinski definition) is 3. The van der Waals surface area contributed by atoms with Crippen LogP contribution in [0, 0.1) is 0 Å². The molecule has 3 heteroatoms. The van der Waals surface area contributed by atoms with Gasteiger partial charge in [-0.15, -0.1) is 0 Å². The smallest absolute Gasteiger partial charge is 0.206 e. The Bertz CT molecular complexity index is 688. The number of ether oxygens (including phenoxy) is 2. The largest absolute Gasteiger partial charge is 0.491 e. The van der Waals surface area contributed by atoms with Crippen LogP contribution < -0.4 is 9.47 Å². The normalized spacial score (nSPS) is 12.2. The van der Waals surface area contributed by atoms with Crippen LogP contribution >= 0.6 is 0 Å². The van der Waals surface area contributed by atoms with E-state index in [1.165, 1.54) is 0 Å². The Hall–Kier alpha value is -2.64. The molecule has 1 aliphatic rings. The minimum absolute atomic E-state index is 0.686. The molecule has 3 rings (SSSR count). The number of methoxy groups -OCH3 is 2. The number of hydrogen-bond donors (Lipinski definition) is 0. The minimum atomic E-state index is 0.686. The zero-order valence-corrected chi connectivity index (χ0v) is 11.4. The van der Waals surface area contributed by atoms with Crippen LogP contribution in [0.15, 0.2) is 47.5 Å².